The number of hydrogen-bond donors (Lipinski definition) is 2. The minimum absolute atomic E-state index is 0.0956. The number of benzene rings is 1. The van der Waals surface area contributed by atoms with E-state index in [-0.39, 0.29) is 11.1 Å². The summed E-state index contributed by atoms with van der Waals surface area (Å²) in [5, 5.41) is 6.37. The van der Waals surface area contributed by atoms with Crippen LogP contribution in [0, 0.1) is 0 Å². The lowest BCUT2D eigenvalue weighted by Gasteiger charge is -2.14. The number of thiocarbonyl (C=S) groups is 1. The van der Waals surface area contributed by atoms with Crippen LogP contribution >= 0.6 is 39.5 Å². The second kappa shape index (κ2) is 11.0. The fourth-order valence-corrected chi connectivity index (χ4v) is 5.16. The van der Waals surface area contributed by atoms with Gasteiger partial charge in [-0.2, -0.15) is 0 Å². The SMILES string of the molecule is CCOC(=O)c1c(NC(=S)NC(=O)c2cc(Br)ccc2OCCOC)sc2c1CCC2. The zero-order valence-corrected chi connectivity index (χ0v) is 20.4. The van der Waals surface area contributed by atoms with E-state index < -0.39 is 5.91 Å². The highest BCUT2D eigenvalue weighted by Gasteiger charge is 2.28. The highest BCUT2D eigenvalue weighted by molar-refractivity contribution is 9.10. The van der Waals surface area contributed by atoms with Gasteiger partial charge in [0.05, 0.1) is 24.3 Å². The summed E-state index contributed by atoms with van der Waals surface area (Å²) in [7, 11) is 1.58. The first-order valence-electron chi connectivity index (χ1n) is 9.79. The van der Waals surface area contributed by atoms with Crippen molar-refractivity contribution in [3.8, 4) is 5.75 Å². The molecule has 3 rings (SSSR count). The van der Waals surface area contributed by atoms with Crippen LogP contribution in [0.25, 0.3) is 0 Å². The number of carbonyl (C=O) groups excluding carboxylic acids is 2. The smallest absolute Gasteiger partial charge is 0.341 e. The van der Waals surface area contributed by atoms with Gasteiger partial charge in [0.1, 0.15) is 17.4 Å². The van der Waals surface area contributed by atoms with Crippen molar-refractivity contribution in [2.24, 2.45) is 0 Å². The van der Waals surface area contributed by atoms with E-state index in [1.165, 1.54) is 11.3 Å². The average molecular weight is 527 g/mol. The number of halogens is 1. The fraction of sp³-hybridized carbons (Fsp3) is 0.381. The molecule has 0 aliphatic heterocycles. The van der Waals surface area contributed by atoms with Crippen LogP contribution in [-0.4, -0.2) is 43.9 Å². The van der Waals surface area contributed by atoms with Crippen molar-refractivity contribution in [2.75, 3.05) is 32.2 Å². The molecule has 0 saturated heterocycles. The van der Waals surface area contributed by atoms with Gasteiger partial charge in [-0.1, -0.05) is 15.9 Å². The Morgan fingerprint density at radius 2 is 2.06 bits per heavy atom. The molecule has 2 N–H and O–H groups in total. The van der Waals surface area contributed by atoms with E-state index in [4.69, 9.17) is 26.4 Å². The maximum Gasteiger partial charge on any atom is 0.341 e. The number of fused-ring (bicyclic) bond motifs is 1. The molecular weight excluding hydrogens is 504 g/mol. The molecule has 0 spiro atoms. The molecule has 31 heavy (non-hydrogen) atoms. The molecule has 0 bridgehead atoms. The third kappa shape index (κ3) is 5.82. The van der Waals surface area contributed by atoms with Gasteiger partial charge in [0.15, 0.2) is 5.11 Å². The normalized spacial score (nSPS) is 12.2. The predicted molar refractivity (Wildman–Crippen MR) is 128 cm³/mol. The molecule has 2 aromatic rings. The molecule has 166 valence electrons. The van der Waals surface area contributed by atoms with E-state index in [1.54, 1.807) is 32.2 Å². The summed E-state index contributed by atoms with van der Waals surface area (Å²) in [6.45, 7) is 2.77. The number of anilines is 1. The van der Waals surface area contributed by atoms with Gasteiger partial charge in [-0.05, 0) is 62.2 Å². The predicted octanol–water partition coefficient (Wildman–Crippen LogP) is 4.33. The summed E-state index contributed by atoms with van der Waals surface area (Å²) in [5.41, 5.74) is 1.86. The minimum Gasteiger partial charge on any atom is -0.490 e. The summed E-state index contributed by atoms with van der Waals surface area (Å²) < 4.78 is 16.6. The highest BCUT2D eigenvalue weighted by Crippen LogP contribution is 2.39. The number of carbonyl (C=O) groups is 2. The Kier molecular flexibility index (Phi) is 8.42. The summed E-state index contributed by atoms with van der Waals surface area (Å²) in [5.74, 6) is -0.379. The van der Waals surface area contributed by atoms with Gasteiger partial charge >= 0.3 is 5.97 Å². The standard InChI is InChI=1S/C21H23BrN2O5S2/c1-3-28-20(26)17-13-5-4-6-16(13)31-19(17)24-21(30)23-18(25)14-11-12(22)7-8-15(14)29-10-9-27-2/h7-8,11H,3-6,9-10H2,1-2H3,(H2,23,24,25,30). The van der Waals surface area contributed by atoms with Crippen molar-refractivity contribution in [3.63, 3.8) is 0 Å². The zero-order chi connectivity index (χ0) is 22.4. The van der Waals surface area contributed by atoms with E-state index in [1.807, 2.05) is 0 Å². The highest BCUT2D eigenvalue weighted by atomic mass is 79.9. The van der Waals surface area contributed by atoms with Gasteiger partial charge in [-0.15, -0.1) is 11.3 Å². The zero-order valence-electron chi connectivity index (χ0n) is 17.2. The fourth-order valence-electron chi connectivity index (χ4n) is 3.26. The van der Waals surface area contributed by atoms with Crippen molar-refractivity contribution in [3.05, 3.63) is 44.2 Å². The van der Waals surface area contributed by atoms with E-state index in [9.17, 15) is 9.59 Å². The summed E-state index contributed by atoms with van der Waals surface area (Å²) >= 11 is 10.2. The lowest BCUT2D eigenvalue weighted by atomic mass is 10.1. The summed E-state index contributed by atoms with van der Waals surface area (Å²) in [6.07, 6.45) is 2.78. The molecule has 0 fully saturated rings. The lowest BCUT2D eigenvalue weighted by Crippen LogP contribution is -2.34. The minimum atomic E-state index is -0.423. The molecule has 7 nitrogen and oxygen atoms in total. The van der Waals surface area contributed by atoms with Crippen LogP contribution in [0.5, 0.6) is 5.75 Å². The topological polar surface area (TPSA) is 85.9 Å². The van der Waals surface area contributed by atoms with Crippen LogP contribution < -0.4 is 15.4 Å². The van der Waals surface area contributed by atoms with Crippen LogP contribution in [0.1, 0.15) is 44.5 Å². The number of hydrogen-bond acceptors (Lipinski definition) is 7. The maximum atomic E-state index is 12.9. The number of amides is 1. The number of thiophene rings is 1. The van der Waals surface area contributed by atoms with Gasteiger partial charge in [0.2, 0.25) is 0 Å². The first-order valence-corrected chi connectivity index (χ1v) is 11.8. The molecule has 1 aromatic heterocycles. The first-order chi connectivity index (χ1) is 14.9. The number of nitrogens with one attached hydrogen (secondary N) is 2. The van der Waals surface area contributed by atoms with Crippen LogP contribution in [0.15, 0.2) is 22.7 Å². The van der Waals surface area contributed by atoms with Crippen LogP contribution in [0.4, 0.5) is 5.00 Å². The Labute approximate surface area is 198 Å². The van der Waals surface area contributed by atoms with E-state index in [0.29, 0.717) is 41.7 Å². The Morgan fingerprint density at radius 1 is 1.26 bits per heavy atom. The van der Waals surface area contributed by atoms with E-state index in [2.05, 4.69) is 26.6 Å². The molecule has 0 saturated carbocycles. The molecule has 0 atom stereocenters. The number of methoxy groups -OCH3 is 1. The van der Waals surface area contributed by atoms with Crippen LogP contribution in [0.3, 0.4) is 0 Å². The Morgan fingerprint density at radius 3 is 2.81 bits per heavy atom. The second-order valence-electron chi connectivity index (χ2n) is 6.67. The van der Waals surface area contributed by atoms with Crippen molar-refractivity contribution >= 4 is 61.5 Å². The van der Waals surface area contributed by atoms with Crippen LogP contribution in [-0.2, 0) is 22.3 Å². The largest absolute Gasteiger partial charge is 0.490 e. The molecular formula is C21H23BrN2O5S2. The summed E-state index contributed by atoms with van der Waals surface area (Å²) in [6, 6.07) is 5.14. The molecule has 0 radical (unpaired) electrons. The molecule has 0 unspecified atom stereocenters. The molecule has 1 aliphatic rings. The molecule has 1 aromatic carbocycles. The van der Waals surface area contributed by atoms with Gasteiger partial charge in [0.25, 0.3) is 5.91 Å². The monoisotopic (exact) mass is 526 g/mol. The van der Waals surface area contributed by atoms with Gasteiger partial charge in [0, 0.05) is 16.5 Å². The number of rotatable bonds is 8. The molecule has 1 heterocycles. The van der Waals surface area contributed by atoms with E-state index >= 15 is 0 Å². The Bertz CT molecular complexity index is 992. The van der Waals surface area contributed by atoms with Crippen molar-refractivity contribution in [1.29, 1.82) is 0 Å². The van der Waals surface area contributed by atoms with E-state index in [0.717, 1.165) is 34.2 Å². The van der Waals surface area contributed by atoms with Crippen LogP contribution in [0.2, 0.25) is 0 Å². The second-order valence-corrected chi connectivity index (χ2v) is 9.10. The Balaban J connectivity index is 1.74. The number of esters is 1. The summed E-state index contributed by atoms with van der Waals surface area (Å²) in [4.78, 5) is 26.5. The molecule has 1 aliphatic carbocycles. The quantitative estimate of drug-likeness (QED) is 0.300. The molecule has 10 heteroatoms. The first kappa shape index (κ1) is 23.6. The average Bonchev–Trinajstić information content (AvgIpc) is 3.29. The number of ether oxygens (including phenoxy) is 3. The van der Waals surface area contributed by atoms with Crippen molar-refractivity contribution in [2.45, 2.75) is 26.2 Å². The van der Waals surface area contributed by atoms with Crippen molar-refractivity contribution < 1.29 is 23.8 Å². The van der Waals surface area contributed by atoms with Gasteiger partial charge < -0.3 is 19.5 Å². The lowest BCUT2D eigenvalue weighted by molar-refractivity contribution is 0.0527. The van der Waals surface area contributed by atoms with Gasteiger partial charge in [-0.25, -0.2) is 4.79 Å². The Hall–Kier alpha value is -2.01. The third-order valence-corrected chi connectivity index (χ3v) is 6.49. The van der Waals surface area contributed by atoms with Crippen molar-refractivity contribution in [1.82, 2.24) is 5.32 Å². The maximum absolute atomic E-state index is 12.9. The van der Waals surface area contributed by atoms with Gasteiger partial charge in [-0.3, -0.25) is 10.1 Å². The number of aryl methyl sites for hydroxylation is 1. The molecule has 1 amide bonds. The third-order valence-electron chi connectivity index (χ3n) is 4.59.